The smallest absolute Gasteiger partial charge is 0.338 e. The van der Waals surface area contributed by atoms with Gasteiger partial charge in [-0.1, -0.05) is 12.1 Å². The maximum Gasteiger partial charge on any atom is 0.338 e. The number of benzene rings is 1. The average molecular weight is 221 g/mol. The van der Waals surface area contributed by atoms with E-state index in [1.807, 2.05) is 39.8 Å². The minimum Gasteiger partial charge on any atom is -0.456 e. The van der Waals surface area contributed by atoms with Gasteiger partial charge in [0.2, 0.25) is 0 Å². The van der Waals surface area contributed by atoms with Crippen molar-refractivity contribution in [3.8, 4) is 0 Å². The summed E-state index contributed by atoms with van der Waals surface area (Å²) in [6.07, 6.45) is 0. The van der Waals surface area contributed by atoms with Gasteiger partial charge in [-0.05, 0) is 45.4 Å². The van der Waals surface area contributed by atoms with E-state index in [2.05, 4.69) is 0 Å². The fourth-order valence-corrected chi connectivity index (χ4v) is 1.29. The fourth-order valence-electron chi connectivity index (χ4n) is 1.29. The number of hydrogen-bond acceptors (Lipinski definition) is 3. The Morgan fingerprint density at radius 1 is 1.38 bits per heavy atom. The molecular weight excluding hydrogens is 202 g/mol. The second kappa shape index (κ2) is 4.66. The largest absolute Gasteiger partial charge is 0.456 e. The molecule has 3 heteroatoms. The molecule has 0 amide bonds. The molecule has 0 aliphatic rings. The second-order valence-corrected chi connectivity index (χ2v) is 4.92. The molecule has 2 N–H and O–H groups in total. The Labute approximate surface area is 96.6 Å². The summed E-state index contributed by atoms with van der Waals surface area (Å²) in [4.78, 5) is 11.8. The molecular formula is C13H19NO2. The lowest BCUT2D eigenvalue weighted by molar-refractivity contribution is 0.00694. The molecule has 88 valence electrons. The van der Waals surface area contributed by atoms with Crippen LogP contribution in [0.3, 0.4) is 0 Å². The summed E-state index contributed by atoms with van der Waals surface area (Å²) < 4.78 is 5.28. The van der Waals surface area contributed by atoms with Crippen molar-refractivity contribution in [2.45, 2.75) is 39.3 Å². The average Bonchev–Trinajstić information content (AvgIpc) is 2.15. The molecule has 0 radical (unpaired) electrons. The predicted molar refractivity (Wildman–Crippen MR) is 64.2 cm³/mol. The Kier molecular flexibility index (Phi) is 3.70. The highest BCUT2D eigenvalue weighted by Crippen LogP contribution is 2.15. The summed E-state index contributed by atoms with van der Waals surface area (Å²) in [5.41, 5.74) is 6.77. The lowest BCUT2D eigenvalue weighted by Crippen LogP contribution is -2.24. The SMILES string of the molecule is C[C@H](N)c1cccc(C(=O)OC(C)(C)C)c1. The van der Waals surface area contributed by atoms with E-state index in [0.717, 1.165) is 5.56 Å². The van der Waals surface area contributed by atoms with Crippen molar-refractivity contribution in [3.63, 3.8) is 0 Å². The third kappa shape index (κ3) is 3.66. The van der Waals surface area contributed by atoms with E-state index in [0.29, 0.717) is 5.56 Å². The Morgan fingerprint density at radius 3 is 2.50 bits per heavy atom. The van der Waals surface area contributed by atoms with Gasteiger partial charge in [0.1, 0.15) is 5.60 Å². The van der Waals surface area contributed by atoms with Gasteiger partial charge >= 0.3 is 5.97 Å². The van der Waals surface area contributed by atoms with Crippen LogP contribution >= 0.6 is 0 Å². The van der Waals surface area contributed by atoms with Crippen LogP contribution in [0.5, 0.6) is 0 Å². The quantitative estimate of drug-likeness (QED) is 0.781. The van der Waals surface area contributed by atoms with E-state index in [1.165, 1.54) is 0 Å². The number of carbonyl (C=O) groups is 1. The van der Waals surface area contributed by atoms with Gasteiger partial charge in [0, 0.05) is 6.04 Å². The first-order valence-electron chi connectivity index (χ1n) is 5.38. The van der Waals surface area contributed by atoms with E-state index >= 15 is 0 Å². The molecule has 0 fully saturated rings. The normalized spacial score (nSPS) is 13.3. The van der Waals surface area contributed by atoms with Crippen molar-refractivity contribution in [2.24, 2.45) is 5.73 Å². The van der Waals surface area contributed by atoms with E-state index in [1.54, 1.807) is 12.1 Å². The zero-order valence-electron chi connectivity index (χ0n) is 10.3. The summed E-state index contributed by atoms with van der Waals surface area (Å²) in [6, 6.07) is 7.15. The number of hydrogen-bond donors (Lipinski definition) is 1. The van der Waals surface area contributed by atoms with Gasteiger partial charge in [-0.15, -0.1) is 0 Å². The molecule has 0 unspecified atom stereocenters. The molecule has 1 atom stereocenters. The Morgan fingerprint density at radius 2 is 2.00 bits per heavy atom. The van der Waals surface area contributed by atoms with Crippen molar-refractivity contribution < 1.29 is 9.53 Å². The summed E-state index contributed by atoms with van der Waals surface area (Å²) in [5.74, 6) is -0.310. The molecule has 1 aromatic carbocycles. The molecule has 16 heavy (non-hydrogen) atoms. The van der Waals surface area contributed by atoms with Crippen LogP contribution < -0.4 is 5.73 Å². The highest BCUT2D eigenvalue weighted by molar-refractivity contribution is 5.89. The zero-order valence-corrected chi connectivity index (χ0v) is 10.3. The van der Waals surface area contributed by atoms with Gasteiger partial charge in [-0.2, -0.15) is 0 Å². The number of rotatable bonds is 2. The molecule has 0 saturated carbocycles. The van der Waals surface area contributed by atoms with Gasteiger partial charge in [0.05, 0.1) is 5.56 Å². The molecule has 0 aliphatic heterocycles. The lowest BCUT2D eigenvalue weighted by atomic mass is 10.1. The van der Waals surface area contributed by atoms with Crippen LogP contribution in [-0.2, 0) is 4.74 Å². The third-order valence-corrected chi connectivity index (χ3v) is 2.05. The molecule has 0 saturated heterocycles. The van der Waals surface area contributed by atoms with Crippen LogP contribution in [0.1, 0.15) is 49.7 Å². The van der Waals surface area contributed by atoms with Crippen molar-refractivity contribution in [3.05, 3.63) is 35.4 Å². The van der Waals surface area contributed by atoms with E-state index in [-0.39, 0.29) is 12.0 Å². The summed E-state index contributed by atoms with van der Waals surface area (Å²) >= 11 is 0. The molecule has 0 aromatic heterocycles. The van der Waals surface area contributed by atoms with Crippen LogP contribution in [0, 0.1) is 0 Å². The second-order valence-electron chi connectivity index (χ2n) is 4.92. The lowest BCUT2D eigenvalue weighted by Gasteiger charge is -2.19. The zero-order chi connectivity index (χ0) is 12.3. The Hall–Kier alpha value is -1.35. The van der Waals surface area contributed by atoms with Gasteiger partial charge < -0.3 is 10.5 Å². The first-order valence-corrected chi connectivity index (χ1v) is 5.38. The summed E-state index contributed by atoms with van der Waals surface area (Å²) in [5, 5.41) is 0. The maximum atomic E-state index is 11.8. The van der Waals surface area contributed by atoms with Gasteiger partial charge in [-0.3, -0.25) is 0 Å². The number of carbonyl (C=O) groups excluding carboxylic acids is 1. The molecule has 1 aromatic rings. The van der Waals surface area contributed by atoms with Crippen LogP contribution in [0.4, 0.5) is 0 Å². The summed E-state index contributed by atoms with van der Waals surface area (Å²) in [6.45, 7) is 7.43. The molecule has 1 rings (SSSR count). The van der Waals surface area contributed by atoms with E-state index < -0.39 is 5.60 Å². The maximum absolute atomic E-state index is 11.8. The minimum absolute atomic E-state index is 0.0811. The molecule has 0 aliphatic carbocycles. The van der Waals surface area contributed by atoms with Crippen LogP contribution in [0.15, 0.2) is 24.3 Å². The molecule has 3 nitrogen and oxygen atoms in total. The Bertz CT molecular complexity index is 378. The topological polar surface area (TPSA) is 52.3 Å². The molecule has 0 bridgehead atoms. The molecule has 0 spiro atoms. The summed E-state index contributed by atoms with van der Waals surface area (Å²) in [7, 11) is 0. The van der Waals surface area contributed by atoms with Gasteiger partial charge in [0.15, 0.2) is 0 Å². The fraction of sp³-hybridized carbons (Fsp3) is 0.462. The van der Waals surface area contributed by atoms with Crippen molar-refractivity contribution in [2.75, 3.05) is 0 Å². The Balaban J connectivity index is 2.88. The monoisotopic (exact) mass is 221 g/mol. The van der Waals surface area contributed by atoms with E-state index in [9.17, 15) is 4.79 Å². The van der Waals surface area contributed by atoms with Gasteiger partial charge in [-0.25, -0.2) is 4.79 Å². The minimum atomic E-state index is -0.471. The predicted octanol–water partition coefficient (Wildman–Crippen LogP) is 2.66. The van der Waals surface area contributed by atoms with Crippen LogP contribution in [0.25, 0.3) is 0 Å². The highest BCUT2D eigenvalue weighted by Gasteiger charge is 2.18. The number of esters is 1. The van der Waals surface area contributed by atoms with Gasteiger partial charge in [0.25, 0.3) is 0 Å². The number of nitrogens with two attached hydrogens (primary N) is 1. The van der Waals surface area contributed by atoms with Crippen molar-refractivity contribution in [1.29, 1.82) is 0 Å². The van der Waals surface area contributed by atoms with Crippen molar-refractivity contribution >= 4 is 5.97 Å². The standard InChI is InChI=1S/C13H19NO2/c1-9(14)10-6-5-7-11(8-10)12(15)16-13(2,3)4/h5-9H,14H2,1-4H3/t9-/m0/s1. The van der Waals surface area contributed by atoms with Crippen molar-refractivity contribution in [1.82, 2.24) is 0 Å². The number of ether oxygens (including phenoxy) is 1. The first kappa shape index (κ1) is 12.7. The van der Waals surface area contributed by atoms with Crippen LogP contribution in [-0.4, -0.2) is 11.6 Å². The van der Waals surface area contributed by atoms with Crippen LogP contribution in [0.2, 0.25) is 0 Å². The third-order valence-electron chi connectivity index (χ3n) is 2.05. The van der Waals surface area contributed by atoms with E-state index in [4.69, 9.17) is 10.5 Å². The highest BCUT2D eigenvalue weighted by atomic mass is 16.6. The first-order chi connectivity index (χ1) is 7.29. The molecule has 0 heterocycles.